The van der Waals surface area contributed by atoms with E-state index in [0.29, 0.717) is 0 Å². The van der Waals surface area contributed by atoms with Crippen molar-refractivity contribution in [1.29, 1.82) is 0 Å². The van der Waals surface area contributed by atoms with Gasteiger partial charge in [-0.25, -0.2) is 18.7 Å². The fourth-order valence-corrected chi connectivity index (χ4v) is 7.28. The van der Waals surface area contributed by atoms with Gasteiger partial charge in [0.25, 0.3) is 5.56 Å². The van der Waals surface area contributed by atoms with Crippen LogP contribution in [0.15, 0.2) is 11.1 Å². The Morgan fingerprint density at radius 2 is 1.78 bits per heavy atom. The Hall–Kier alpha value is -1.17. The van der Waals surface area contributed by atoms with Crippen molar-refractivity contribution in [2.45, 2.75) is 22.8 Å². The first-order chi connectivity index (χ1) is 14.6. The van der Waals surface area contributed by atoms with Gasteiger partial charge in [0, 0.05) is 0 Å². The van der Waals surface area contributed by atoms with E-state index < -0.39 is 58.5 Å². The molecule has 0 spiro atoms. The van der Waals surface area contributed by atoms with E-state index in [9.17, 15) is 33.6 Å². The molecule has 1 aliphatic heterocycles. The molecule has 180 valence electrons. The van der Waals surface area contributed by atoms with Crippen molar-refractivity contribution in [3.05, 3.63) is 16.7 Å². The van der Waals surface area contributed by atoms with Gasteiger partial charge in [0.05, 0.1) is 24.3 Å². The molecular weight excluding hydrogens is 523 g/mol. The van der Waals surface area contributed by atoms with Gasteiger partial charge in [-0.3, -0.25) is 18.9 Å². The van der Waals surface area contributed by atoms with Crippen LogP contribution in [0.1, 0.15) is 5.37 Å². The van der Waals surface area contributed by atoms with E-state index >= 15 is 0 Å². The lowest BCUT2D eigenvalue weighted by molar-refractivity contribution is 0.0111. The van der Waals surface area contributed by atoms with Crippen LogP contribution in [0.3, 0.4) is 0 Å². The zero-order chi connectivity index (χ0) is 24.1. The van der Waals surface area contributed by atoms with Crippen molar-refractivity contribution in [3.8, 4) is 0 Å². The first-order valence-electron chi connectivity index (χ1n) is 8.11. The average Bonchev–Trinajstić information content (AvgIpc) is 3.12. The van der Waals surface area contributed by atoms with Gasteiger partial charge in [-0.15, -0.1) is 11.8 Å². The van der Waals surface area contributed by atoms with Crippen LogP contribution >= 0.6 is 35.2 Å². The number of rotatable bonds is 8. The largest absolute Gasteiger partial charge is 0.490 e. The number of hydrogen-bond acceptors (Lipinski definition) is 13. The van der Waals surface area contributed by atoms with E-state index in [-0.39, 0.29) is 17.1 Å². The molecule has 0 saturated carbocycles. The summed E-state index contributed by atoms with van der Waals surface area (Å²) in [6.07, 6.45) is -1.91. The van der Waals surface area contributed by atoms with Gasteiger partial charge in [-0.2, -0.15) is 13.6 Å². The Morgan fingerprint density at radius 3 is 2.41 bits per heavy atom. The summed E-state index contributed by atoms with van der Waals surface area (Å²) in [6, 6.07) is 0. The number of fused-ring (bicyclic) bond motifs is 1. The lowest BCUT2D eigenvalue weighted by Crippen LogP contribution is -2.33. The predicted molar refractivity (Wildman–Crippen MR) is 105 cm³/mol. The fourth-order valence-electron chi connectivity index (χ4n) is 2.70. The van der Waals surface area contributed by atoms with Crippen LogP contribution in [0.2, 0.25) is 0 Å². The number of aliphatic hydroxyl groups excluding tert-OH is 2. The summed E-state index contributed by atoms with van der Waals surface area (Å²) in [6.45, 7) is -0.828. The summed E-state index contributed by atoms with van der Waals surface area (Å²) in [4.78, 5) is 57.6. The Kier molecular flexibility index (Phi) is 7.07. The third kappa shape index (κ3) is 5.84. The van der Waals surface area contributed by atoms with Crippen molar-refractivity contribution < 1.29 is 56.6 Å². The van der Waals surface area contributed by atoms with Gasteiger partial charge in [0.1, 0.15) is 11.5 Å². The second-order valence-corrected chi connectivity index (χ2v) is 12.0. The molecule has 0 aromatic carbocycles. The number of thioether (sulfide) groups is 1. The predicted octanol–water partition coefficient (Wildman–Crippen LogP) is -1.62. The number of aromatic nitrogens is 4. The molecule has 0 aliphatic carbocycles. The molecule has 2 aromatic rings. The van der Waals surface area contributed by atoms with Crippen LogP contribution in [-0.2, 0) is 26.8 Å². The summed E-state index contributed by atoms with van der Waals surface area (Å²) < 4.78 is 46.7. The van der Waals surface area contributed by atoms with E-state index in [1.807, 2.05) is 0 Å². The molecule has 1 fully saturated rings. The zero-order valence-electron chi connectivity index (χ0n) is 15.3. The van der Waals surface area contributed by atoms with Crippen molar-refractivity contribution in [2.24, 2.45) is 0 Å². The number of nitrogen functional groups attached to an aromatic ring is 1. The minimum Gasteiger partial charge on any atom is -0.389 e. The smallest absolute Gasteiger partial charge is 0.389 e. The van der Waals surface area contributed by atoms with Crippen molar-refractivity contribution in [2.75, 3.05) is 12.3 Å². The highest BCUT2D eigenvalue weighted by atomic mass is 32.2. The Labute approximate surface area is 180 Å². The number of anilines is 1. The molecule has 2 aromatic heterocycles. The summed E-state index contributed by atoms with van der Waals surface area (Å²) in [5, 5.41) is 18.5. The van der Waals surface area contributed by atoms with Gasteiger partial charge >= 0.3 is 23.5 Å². The summed E-state index contributed by atoms with van der Waals surface area (Å²) >= 11 is 0.810. The zero-order valence-corrected chi connectivity index (χ0v) is 18.8. The molecule has 0 amide bonds. The van der Waals surface area contributed by atoms with Crippen molar-refractivity contribution in [3.63, 3.8) is 0 Å². The standard InChI is InChI=1S/C10H16N5O13P3S/c11-10-13-7-4(8(18)14-10)12-2-15(7)9-6(17)5(16)3(32-9)1-26-30(22,23)28-31(24,25)27-29(19,20)21/h2-3,5-6,9,16-17H,1H2,(H,22,23)(H,24,25)(H2,19,20,21)(H3,11,13,14,18)/t3-,5-,6-,9-/m1/s1. The Bertz CT molecular complexity index is 1210. The lowest BCUT2D eigenvalue weighted by atomic mass is 10.1. The van der Waals surface area contributed by atoms with Gasteiger partial charge in [-0.05, 0) is 0 Å². The second-order valence-electron chi connectivity index (χ2n) is 6.21. The molecule has 1 saturated heterocycles. The number of nitrogens with zero attached hydrogens (tertiary/aromatic N) is 3. The highest BCUT2D eigenvalue weighted by Gasteiger charge is 2.46. The summed E-state index contributed by atoms with van der Waals surface area (Å²) in [7, 11) is -16.7. The highest BCUT2D eigenvalue weighted by molar-refractivity contribution is 8.00. The second kappa shape index (κ2) is 8.88. The molecule has 18 nitrogen and oxygen atoms in total. The Balaban J connectivity index is 1.72. The molecular formula is C10H16N5O13P3S. The van der Waals surface area contributed by atoms with Crippen LogP contribution < -0.4 is 11.3 Å². The van der Waals surface area contributed by atoms with E-state index in [1.165, 1.54) is 4.57 Å². The quantitative estimate of drug-likeness (QED) is 0.175. The first-order valence-corrected chi connectivity index (χ1v) is 13.6. The van der Waals surface area contributed by atoms with E-state index in [1.54, 1.807) is 0 Å². The van der Waals surface area contributed by atoms with Gasteiger partial charge < -0.3 is 35.5 Å². The average molecular weight is 539 g/mol. The van der Waals surface area contributed by atoms with Crippen LogP contribution in [0, 0.1) is 0 Å². The maximum Gasteiger partial charge on any atom is 0.490 e. The van der Waals surface area contributed by atoms with Crippen LogP contribution in [-0.4, -0.2) is 73.4 Å². The maximum atomic E-state index is 11.9. The van der Waals surface area contributed by atoms with E-state index in [0.717, 1.165) is 18.1 Å². The molecule has 2 unspecified atom stereocenters. The fraction of sp³-hybridized carbons (Fsp3) is 0.500. The first kappa shape index (κ1) is 25.5. The topological polar surface area (TPSA) is 290 Å². The number of nitrogens with one attached hydrogen (secondary N) is 1. The summed E-state index contributed by atoms with van der Waals surface area (Å²) in [5.41, 5.74) is 4.75. The minimum absolute atomic E-state index is 0.0106. The van der Waals surface area contributed by atoms with Crippen molar-refractivity contribution in [1.82, 2.24) is 19.5 Å². The molecule has 1 aliphatic rings. The number of phosphoric ester groups is 1. The monoisotopic (exact) mass is 539 g/mol. The highest BCUT2D eigenvalue weighted by Crippen LogP contribution is 2.66. The minimum atomic E-state index is -5.70. The number of aliphatic hydroxyl groups is 2. The number of aromatic amines is 1. The molecule has 6 atom stereocenters. The number of H-pyrrole nitrogens is 1. The molecule has 22 heteroatoms. The van der Waals surface area contributed by atoms with E-state index in [4.69, 9.17) is 20.4 Å². The molecule has 0 radical (unpaired) electrons. The third-order valence-electron chi connectivity index (χ3n) is 3.88. The molecule has 32 heavy (non-hydrogen) atoms. The van der Waals surface area contributed by atoms with Crippen molar-refractivity contribution >= 4 is 52.3 Å². The normalized spacial score (nSPS) is 27.9. The number of imidazole rings is 1. The number of nitrogens with two attached hydrogens (primary N) is 1. The number of phosphoric acid groups is 3. The number of hydrogen-bond donors (Lipinski definition) is 8. The Morgan fingerprint density at radius 1 is 1.12 bits per heavy atom. The molecule has 0 bridgehead atoms. The summed E-state index contributed by atoms with van der Waals surface area (Å²) in [5.74, 6) is -0.230. The van der Waals surface area contributed by atoms with E-state index in [2.05, 4.69) is 28.1 Å². The van der Waals surface area contributed by atoms with Gasteiger partial charge in [-0.1, -0.05) is 0 Å². The van der Waals surface area contributed by atoms with Gasteiger partial charge in [0.15, 0.2) is 11.2 Å². The van der Waals surface area contributed by atoms with Crippen LogP contribution in [0.25, 0.3) is 11.2 Å². The van der Waals surface area contributed by atoms with Crippen LogP contribution in [0.5, 0.6) is 0 Å². The lowest BCUT2D eigenvalue weighted by Gasteiger charge is -2.19. The van der Waals surface area contributed by atoms with Gasteiger partial charge in [0.2, 0.25) is 5.95 Å². The maximum absolute atomic E-state index is 11.9. The van der Waals surface area contributed by atoms with Crippen LogP contribution in [0.4, 0.5) is 5.95 Å². The third-order valence-corrected chi connectivity index (χ3v) is 9.23. The molecule has 9 N–H and O–H groups in total. The SMILES string of the molecule is Nc1nc2c(ncn2[C@@H]2S[C@H](COP(=O)(O)OP(=O)(O)OP(=O)(O)O)[C@@H](O)[C@H]2O)c(=O)[nH]1. The molecule has 3 heterocycles. The molecule has 3 rings (SSSR count).